The first-order chi connectivity index (χ1) is 15.5. The Morgan fingerprint density at radius 1 is 1.12 bits per heavy atom. The van der Waals surface area contributed by atoms with Crippen molar-refractivity contribution in [3.8, 4) is 5.75 Å². The molecule has 2 aliphatic carbocycles. The van der Waals surface area contributed by atoms with Crippen LogP contribution in [-0.2, 0) is 14.3 Å². The van der Waals surface area contributed by atoms with Crippen LogP contribution in [0.2, 0.25) is 0 Å². The van der Waals surface area contributed by atoms with E-state index in [4.69, 9.17) is 9.47 Å². The standard InChI is InChI=1S/C24H31N3O5/c1-27-19-9-8-17(12-22(28)25-15-3-2-4-15)32-21(19)13-31-20-10-7-16(11-18(20)24(27)30)26-23(29)14-5-6-14/h7,10-11,14-15,17,19,21H,2-6,8-9,12-13H2,1H3,(H,25,28)(H,26,29)/t17-,19+,21+/m1/s1. The number of likely N-dealkylation sites (N-methyl/N-ethyl adjacent to an activating group) is 1. The minimum Gasteiger partial charge on any atom is -0.490 e. The molecule has 4 aliphatic rings. The molecule has 3 fully saturated rings. The zero-order valence-corrected chi connectivity index (χ0v) is 18.5. The van der Waals surface area contributed by atoms with Gasteiger partial charge in [0.05, 0.1) is 24.1 Å². The molecule has 1 aromatic carbocycles. The van der Waals surface area contributed by atoms with Gasteiger partial charge in [-0.2, -0.15) is 0 Å². The molecule has 1 saturated heterocycles. The number of benzene rings is 1. The van der Waals surface area contributed by atoms with Gasteiger partial charge in [0, 0.05) is 24.7 Å². The van der Waals surface area contributed by atoms with E-state index in [1.807, 2.05) is 0 Å². The van der Waals surface area contributed by atoms with Crippen LogP contribution in [0.15, 0.2) is 18.2 Å². The van der Waals surface area contributed by atoms with Crippen LogP contribution in [0.1, 0.15) is 61.7 Å². The molecule has 2 aliphatic heterocycles. The number of fused-ring (bicyclic) bond motifs is 2. The van der Waals surface area contributed by atoms with Crippen molar-refractivity contribution in [3.05, 3.63) is 23.8 Å². The Hall–Kier alpha value is -2.61. The van der Waals surface area contributed by atoms with Crippen molar-refractivity contribution in [2.24, 2.45) is 5.92 Å². The molecule has 8 heteroatoms. The molecule has 8 nitrogen and oxygen atoms in total. The summed E-state index contributed by atoms with van der Waals surface area (Å²) in [7, 11) is 1.79. The lowest BCUT2D eigenvalue weighted by Gasteiger charge is -2.42. The van der Waals surface area contributed by atoms with Gasteiger partial charge in [-0.25, -0.2) is 0 Å². The first-order valence-electron chi connectivity index (χ1n) is 11.8. The third-order valence-electron chi connectivity index (χ3n) is 7.11. The lowest BCUT2D eigenvalue weighted by atomic mass is 9.92. The van der Waals surface area contributed by atoms with E-state index in [0.717, 1.165) is 38.5 Å². The zero-order valence-electron chi connectivity index (χ0n) is 18.5. The summed E-state index contributed by atoms with van der Waals surface area (Å²) in [4.78, 5) is 39.4. The van der Waals surface area contributed by atoms with E-state index in [-0.39, 0.29) is 41.9 Å². The summed E-state index contributed by atoms with van der Waals surface area (Å²) < 4.78 is 12.2. The lowest BCUT2D eigenvalue weighted by Crippen LogP contribution is -2.54. The molecule has 2 N–H and O–H groups in total. The van der Waals surface area contributed by atoms with Crippen LogP contribution >= 0.6 is 0 Å². The molecular formula is C24H31N3O5. The molecular weight excluding hydrogens is 410 g/mol. The van der Waals surface area contributed by atoms with Gasteiger partial charge in [-0.15, -0.1) is 0 Å². The van der Waals surface area contributed by atoms with E-state index in [0.29, 0.717) is 36.1 Å². The number of hydrogen-bond acceptors (Lipinski definition) is 5. The summed E-state index contributed by atoms with van der Waals surface area (Å²) in [6, 6.07) is 5.40. The van der Waals surface area contributed by atoms with Gasteiger partial charge in [0.2, 0.25) is 11.8 Å². The number of carbonyl (C=O) groups is 3. The lowest BCUT2D eigenvalue weighted by molar-refractivity contribution is -0.135. The largest absolute Gasteiger partial charge is 0.490 e. The van der Waals surface area contributed by atoms with E-state index in [1.54, 1.807) is 30.1 Å². The quantitative estimate of drug-likeness (QED) is 0.732. The number of amides is 3. The highest BCUT2D eigenvalue weighted by Gasteiger charge is 2.39. The number of nitrogens with zero attached hydrogens (tertiary/aromatic N) is 1. The molecule has 2 heterocycles. The molecule has 3 atom stereocenters. The normalized spacial score (nSPS) is 27.7. The highest BCUT2D eigenvalue weighted by atomic mass is 16.5. The van der Waals surface area contributed by atoms with E-state index in [9.17, 15) is 14.4 Å². The highest BCUT2D eigenvalue weighted by molar-refractivity contribution is 6.00. The minimum atomic E-state index is -0.290. The molecule has 172 valence electrons. The molecule has 5 rings (SSSR count). The van der Waals surface area contributed by atoms with Gasteiger partial charge in [-0.3, -0.25) is 14.4 Å². The monoisotopic (exact) mass is 441 g/mol. The average molecular weight is 442 g/mol. The van der Waals surface area contributed by atoms with Gasteiger partial charge in [-0.05, 0) is 63.1 Å². The van der Waals surface area contributed by atoms with Crippen LogP contribution in [0.4, 0.5) is 5.69 Å². The van der Waals surface area contributed by atoms with Gasteiger partial charge < -0.3 is 25.0 Å². The van der Waals surface area contributed by atoms with Gasteiger partial charge in [0.15, 0.2) is 0 Å². The maximum Gasteiger partial charge on any atom is 0.257 e. The van der Waals surface area contributed by atoms with Crippen LogP contribution in [0.3, 0.4) is 0 Å². The van der Waals surface area contributed by atoms with Crippen molar-refractivity contribution in [2.75, 3.05) is 19.0 Å². The second-order valence-electron chi connectivity index (χ2n) is 9.54. The van der Waals surface area contributed by atoms with Crippen LogP contribution in [0, 0.1) is 5.92 Å². The second kappa shape index (κ2) is 8.73. The molecule has 3 amide bonds. The van der Waals surface area contributed by atoms with E-state index >= 15 is 0 Å². The summed E-state index contributed by atoms with van der Waals surface area (Å²) in [5.74, 6) is 0.474. The van der Waals surface area contributed by atoms with Gasteiger partial charge in [-0.1, -0.05) is 0 Å². The number of hydrogen-bond donors (Lipinski definition) is 2. The fourth-order valence-electron chi connectivity index (χ4n) is 4.74. The molecule has 2 saturated carbocycles. The molecule has 1 aromatic rings. The van der Waals surface area contributed by atoms with Crippen LogP contribution in [0.25, 0.3) is 0 Å². The van der Waals surface area contributed by atoms with Crippen LogP contribution in [-0.4, -0.2) is 60.6 Å². The Bertz CT molecular complexity index is 911. The van der Waals surface area contributed by atoms with E-state index in [1.165, 1.54) is 6.42 Å². The van der Waals surface area contributed by atoms with Crippen LogP contribution in [0.5, 0.6) is 5.75 Å². The summed E-state index contributed by atoms with van der Waals surface area (Å²) in [5, 5.41) is 5.97. The molecule has 0 unspecified atom stereocenters. The fourth-order valence-corrected chi connectivity index (χ4v) is 4.74. The molecule has 0 aromatic heterocycles. The minimum absolute atomic E-state index is 0.00523. The molecule has 0 radical (unpaired) electrons. The van der Waals surface area contributed by atoms with Crippen molar-refractivity contribution in [1.82, 2.24) is 10.2 Å². The number of anilines is 1. The zero-order chi connectivity index (χ0) is 22.2. The number of ether oxygens (including phenoxy) is 2. The van der Waals surface area contributed by atoms with Gasteiger partial charge in [0.1, 0.15) is 18.5 Å². The van der Waals surface area contributed by atoms with Gasteiger partial charge in [0.25, 0.3) is 5.91 Å². The van der Waals surface area contributed by atoms with Crippen LogP contribution < -0.4 is 15.4 Å². The van der Waals surface area contributed by atoms with Crippen molar-refractivity contribution < 1.29 is 23.9 Å². The molecule has 32 heavy (non-hydrogen) atoms. The summed E-state index contributed by atoms with van der Waals surface area (Å²) >= 11 is 0. The molecule has 0 bridgehead atoms. The third kappa shape index (κ3) is 4.46. The van der Waals surface area contributed by atoms with Gasteiger partial charge >= 0.3 is 0 Å². The number of carbonyl (C=O) groups excluding carboxylic acids is 3. The maximum atomic E-state index is 13.3. The Morgan fingerprint density at radius 3 is 2.66 bits per heavy atom. The highest BCUT2D eigenvalue weighted by Crippen LogP contribution is 2.34. The van der Waals surface area contributed by atoms with Crippen molar-refractivity contribution in [3.63, 3.8) is 0 Å². The van der Waals surface area contributed by atoms with E-state index < -0.39 is 0 Å². The fraction of sp³-hybridized carbons (Fsp3) is 0.625. The Kier molecular flexibility index (Phi) is 5.80. The Labute approximate surface area is 188 Å². The summed E-state index contributed by atoms with van der Waals surface area (Å²) in [6.07, 6.45) is 6.53. The first kappa shape index (κ1) is 21.2. The topological polar surface area (TPSA) is 97.0 Å². The number of nitrogens with one attached hydrogen (secondary N) is 2. The summed E-state index contributed by atoms with van der Waals surface area (Å²) in [5.41, 5.74) is 1.06. The predicted octanol–water partition coefficient (Wildman–Crippen LogP) is 2.47. The average Bonchev–Trinajstić information content (AvgIpc) is 3.59. The Morgan fingerprint density at radius 2 is 1.94 bits per heavy atom. The SMILES string of the molecule is CN1C(=O)c2cc(NC(=O)C3CC3)ccc2OC[C@@H]2O[C@@H](CC(=O)NC3CCC3)CC[C@@H]21. The number of rotatable bonds is 5. The van der Waals surface area contributed by atoms with Crippen molar-refractivity contribution in [2.45, 2.75) is 75.7 Å². The van der Waals surface area contributed by atoms with E-state index in [2.05, 4.69) is 10.6 Å². The Balaban J connectivity index is 1.25. The maximum absolute atomic E-state index is 13.3. The molecule has 0 spiro atoms. The third-order valence-corrected chi connectivity index (χ3v) is 7.11. The van der Waals surface area contributed by atoms with Crippen molar-refractivity contribution >= 4 is 23.4 Å². The first-order valence-corrected chi connectivity index (χ1v) is 11.8. The predicted molar refractivity (Wildman–Crippen MR) is 117 cm³/mol. The smallest absolute Gasteiger partial charge is 0.257 e. The van der Waals surface area contributed by atoms with Crippen molar-refractivity contribution in [1.29, 1.82) is 0 Å². The second-order valence-corrected chi connectivity index (χ2v) is 9.54. The summed E-state index contributed by atoms with van der Waals surface area (Å²) in [6.45, 7) is 0.309.